The molecule has 0 bridgehead atoms. The van der Waals surface area contributed by atoms with Gasteiger partial charge in [-0.3, -0.25) is 4.99 Å². The summed E-state index contributed by atoms with van der Waals surface area (Å²) in [7, 11) is 0. The lowest BCUT2D eigenvalue weighted by atomic mass is 10.6. The highest BCUT2D eigenvalue weighted by atomic mass is 14.6. The summed E-state index contributed by atoms with van der Waals surface area (Å²) in [5, 5.41) is 0. The lowest BCUT2D eigenvalue weighted by Crippen LogP contribution is -1.51. The molecule has 0 rings (SSSR count). The number of rotatable bonds is 1. The fourth-order valence-electron chi connectivity index (χ4n) is 0.172. The number of aliphatic imine (C=N–C) groups is 1. The minimum atomic E-state index is 1.54. The van der Waals surface area contributed by atoms with Crippen LogP contribution in [0.4, 0.5) is 0 Å². The fourth-order valence-corrected chi connectivity index (χ4v) is 0.172. The molecule has 0 unspecified atom stereocenters. The summed E-state index contributed by atoms with van der Waals surface area (Å²) >= 11 is 0. The normalized spacial score (nSPS) is 10.3. The largest absolute Gasteiger partial charge is 0.269 e. The van der Waals surface area contributed by atoms with Crippen LogP contribution in [0, 0.1) is 12.3 Å². The Morgan fingerprint density at radius 2 is 2.43 bits per heavy atom. The summed E-state index contributed by atoms with van der Waals surface area (Å²) in [4.78, 5) is 3.71. The molecule has 0 aromatic carbocycles. The molecule has 0 heterocycles. The average molecular weight is 93.1 g/mol. The van der Waals surface area contributed by atoms with Gasteiger partial charge in [0, 0.05) is 18.5 Å². The first-order valence-corrected chi connectivity index (χ1v) is 2.00. The van der Waals surface area contributed by atoms with Crippen molar-refractivity contribution in [1.29, 1.82) is 0 Å². The van der Waals surface area contributed by atoms with E-state index in [1.165, 1.54) is 0 Å². The molecule has 0 spiro atoms. The Balaban J connectivity index is 3.33. The molecule has 0 aromatic heterocycles. The minimum Gasteiger partial charge on any atom is -0.269 e. The highest BCUT2D eigenvalue weighted by Crippen LogP contribution is 1.67. The van der Waals surface area contributed by atoms with Crippen LogP contribution in [0.1, 0.15) is 6.92 Å². The van der Waals surface area contributed by atoms with Crippen molar-refractivity contribution in [1.82, 2.24) is 0 Å². The van der Waals surface area contributed by atoms with E-state index >= 15 is 0 Å². The van der Waals surface area contributed by atoms with Gasteiger partial charge in [0.15, 0.2) is 0 Å². The Bertz CT molecular complexity index is 115. The predicted molar refractivity (Wildman–Crippen MR) is 32.1 cm³/mol. The molecular weight excluding hydrogens is 86.1 g/mol. The molecule has 0 aliphatic heterocycles. The van der Waals surface area contributed by atoms with Gasteiger partial charge < -0.3 is 0 Å². The molecule has 0 aliphatic carbocycles. The number of hydrogen-bond acceptors (Lipinski definition) is 1. The van der Waals surface area contributed by atoms with Crippen molar-refractivity contribution in [3.63, 3.8) is 0 Å². The summed E-state index contributed by atoms with van der Waals surface area (Å²) in [6, 6.07) is 0. The van der Waals surface area contributed by atoms with Crippen LogP contribution < -0.4 is 0 Å². The van der Waals surface area contributed by atoms with Crippen molar-refractivity contribution in [3.05, 3.63) is 12.3 Å². The summed E-state index contributed by atoms with van der Waals surface area (Å²) < 4.78 is 0. The summed E-state index contributed by atoms with van der Waals surface area (Å²) in [5.74, 6) is 2.31. The van der Waals surface area contributed by atoms with Crippen LogP contribution in [0.2, 0.25) is 0 Å². The van der Waals surface area contributed by atoms with Crippen LogP contribution in [-0.2, 0) is 0 Å². The highest BCUT2D eigenvalue weighted by molar-refractivity contribution is 5.54. The maximum Gasteiger partial charge on any atom is 0.0347 e. The van der Waals surface area contributed by atoms with Gasteiger partial charge in [-0.2, -0.15) is 0 Å². The highest BCUT2D eigenvalue weighted by Gasteiger charge is 1.51. The maximum atomic E-state index is 4.86. The molecule has 0 aromatic rings. The second-order valence-electron chi connectivity index (χ2n) is 0.890. The van der Waals surface area contributed by atoms with Crippen LogP contribution in [-0.4, -0.2) is 6.21 Å². The third kappa shape index (κ3) is 4.97. The van der Waals surface area contributed by atoms with Crippen molar-refractivity contribution < 1.29 is 0 Å². The molecule has 1 heteroatoms. The van der Waals surface area contributed by atoms with Gasteiger partial charge in [-0.05, 0) is 6.92 Å². The van der Waals surface area contributed by atoms with E-state index in [1.54, 1.807) is 18.5 Å². The Hall–Kier alpha value is -1.03. The number of terminal acetylenes is 1. The van der Waals surface area contributed by atoms with E-state index in [0.29, 0.717) is 0 Å². The molecule has 0 N–H and O–H groups in total. The Morgan fingerprint density at radius 3 is 2.86 bits per heavy atom. The monoisotopic (exact) mass is 93.1 g/mol. The topological polar surface area (TPSA) is 12.4 Å². The van der Waals surface area contributed by atoms with Gasteiger partial charge in [0.2, 0.25) is 0 Å². The van der Waals surface area contributed by atoms with E-state index in [-0.39, 0.29) is 0 Å². The summed E-state index contributed by atoms with van der Waals surface area (Å²) in [5.41, 5.74) is 0. The lowest BCUT2D eigenvalue weighted by Gasteiger charge is -1.64. The Morgan fingerprint density at radius 1 is 1.71 bits per heavy atom. The van der Waals surface area contributed by atoms with Crippen LogP contribution in [0.25, 0.3) is 0 Å². The first kappa shape index (κ1) is 5.97. The predicted octanol–water partition coefficient (Wildman–Crippen LogP) is 1.22. The number of nitrogens with zero attached hydrogens (tertiary/aromatic N) is 1. The van der Waals surface area contributed by atoms with Gasteiger partial charge in [0.1, 0.15) is 0 Å². The van der Waals surface area contributed by atoms with Gasteiger partial charge >= 0.3 is 0 Å². The average Bonchev–Trinajstić information content (AvgIpc) is 1.69. The standard InChI is InChI=1S/C6H7N/c1-3-5-6-7-4-2/h1,4-6H,2H3/b6-5-,7-4?. The zero-order chi connectivity index (χ0) is 5.54. The molecule has 0 saturated carbocycles. The summed E-state index contributed by atoms with van der Waals surface area (Å²) in [6.45, 7) is 1.83. The van der Waals surface area contributed by atoms with Crippen molar-refractivity contribution in [2.75, 3.05) is 0 Å². The second kappa shape index (κ2) is 4.97. The van der Waals surface area contributed by atoms with E-state index in [4.69, 9.17) is 6.42 Å². The lowest BCUT2D eigenvalue weighted by molar-refractivity contribution is 1.58. The molecule has 1 nitrogen and oxygen atoms in total. The zero-order valence-corrected chi connectivity index (χ0v) is 4.26. The van der Waals surface area contributed by atoms with E-state index < -0.39 is 0 Å². The molecule has 0 aliphatic rings. The van der Waals surface area contributed by atoms with E-state index in [0.717, 1.165) is 0 Å². The van der Waals surface area contributed by atoms with Crippen LogP contribution in [0.3, 0.4) is 0 Å². The summed E-state index contributed by atoms with van der Waals surface area (Å²) in [6.07, 6.45) is 9.64. The molecule has 0 saturated heterocycles. The molecule has 0 atom stereocenters. The molecule has 0 amide bonds. The SMILES string of the molecule is C#C/C=C\N=CC. The van der Waals surface area contributed by atoms with Gasteiger partial charge in [-0.1, -0.05) is 5.92 Å². The molecule has 0 fully saturated rings. The number of hydrogen-bond donors (Lipinski definition) is 0. The molecular formula is C6H7N. The Labute approximate surface area is 43.8 Å². The van der Waals surface area contributed by atoms with E-state index in [9.17, 15) is 0 Å². The van der Waals surface area contributed by atoms with Crippen LogP contribution in [0.5, 0.6) is 0 Å². The van der Waals surface area contributed by atoms with Crippen LogP contribution in [0.15, 0.2) is 17.3 Å². The minimum absolute atomic E-state index is 1.54. The second-order valence-corrected chi connectivity index (χ2v) is 0.890. The van der Waals surface area contributed by atoms with Crippen molar-refractivity contribution in [3.8, 4) is 12.3 Å². The van der Waals surface area contributed by atoms with Gasteiger partial charge in [0.05, 0.1) is 0 Å². The van der Waals surface area contributed by atoms with Crippen molar-refractivity contribution in [2.45, 2.75) is 6.92 Å². The molecule has 7 heavy (non-hydrogen) atoms. The van der Waals surface area contributed by atoms with Gasteiger partial charge in [-0.15, -0.1) is 6.42 Å². The first-order valence-electron chi connectivity index (χ1n) is 2.00. The van der Waals surface area contributed by atoms with Gasteiger partial charge in [-0.25, -0.2) is 0 Å². The van der Waals surface area contributed by atoms with Crippen molar-refractivity contribution in [2.24, 2.45) is 4.99 Å². The Kier molecular flexibility index (Phi) is 4.24. The van der Waals surface area contributed by atoms with Crippen LogP contribution >= 0.6 is 0 Å². The molecule has 36 valence electrons. The fraction of sp³-hybridized carbons (Fsp3) is 0.167. The van der Waals surface area contributed by atoms with E-state index in [2.05, 4.69) is 10.9 Å². The first-order chi connectivity index (χ1) is 3.41. The smallest absolute Gasteiger partial charge is 0.0347 e. The molecule has 0 radical (unpaired) electrons. The van der Waals surface area contributed by atoms with E-state index in [1.807, 2.05) is 6.92 Å². The van der Waals surface area contributed by atoms with Crippen molar-refractivity contribution >= 4 is 6.21 Å². The third-order valence-corrected chi connectivity index (χ3v) is 0.406. The third-order valence-electron chi connectivity index (χ3n) is 0.406. The zero-order valence-electron chi connectivity index (χ0n) is 4.26. The quantitative estimate of drug-likeness (QED) is 0.341. The number of allylic oxidation sites excluding steroid dienone is 1. The van der Waals surface area contributed by atoms with Gasteiger partial charge in [0.25, 0.3) is 0 Å². The maximum absolute atomic E-state index is 4.86.